The van der Waals surface area contributed by atoms with E-state index in [1.165, 1.54) is 16.9 Å². The number of carbonyl (C=O) groups is 1. The summed E-state index contributed by atoms with van der Waals surface area (Å²) in [6.45, 7) is 11.1. The number of thiophene rings is 1. The summed E-state index contributed by atoms with van der Waals surface area (Å²) in [6, 6.07) is 15.9. The molecule has 1 aromatic carbocycles. The Morgan fingerprint density at radius 3 is 2.32 bits per heavy atom. The molecule has 3 heterocycles. The Balaban J connectivity index is 1.74. The summed E-state index contributed by atoms with van der Waals surface area (Å²) < 4.78 is 0. The van der Waals surface area contributed by atoms with E-state index < -0.39 is 0 Å². The van der Waals surface area contributed by atoms with Gasteiger partial charge in [0.25, 0.3) is 5.91 Å². The van der Waals surface area contributed by atoms with E-state index in [1.807, 2.05) is 50.2 Å². The molecule has 0 radical (unpaired) electrons. The van der Waals surface area contributed by atoms with Crippen molar-refractivity contribution in [2.24, 2.45) is 0 Å². The number of benzene rings is 1. The van der Waals surface area contributed by atoms with Crippen molar-refractivity contribution < 1.29 is 4.79 Å². The van der Waals surface area contributed by atoms with Crippen LogP contribution in [-0.4, -0.2) is 22.4 Å². The number of nitrogens with zero attached hydrogens (tertiary/aromatic N) is 3. The fourth-order valence-corrected chi connectivity index (χ4v) is 4.73. The lowest BCUT2D eigenvalue weighted by molar-refractivity contribution is 0.0994. The molecule has 3 aromatic heterocycles. The normalized spacial score (nSPS) is 11.4. The van der Waals surface area contributed by atoms with Crippen LogP contribution in [0.15, 0.2) is 72.6 Å². The quantitative estimate of drug-likeness (QED) is 0.324. The van der Waals surface area contributed by atoms with Crippen molar-refractivity contribution in [3.63, 3.8) is 0 Å². The van der Waals surface area contributed by atoms with Gasteiger partial charge >= 0.3 is 0 Å². The number of nitrogens with two attached hydrogens (primary N) is 1. The highest BCUT2D eigenvalue weighted by molar-refractivity contribution is 7.21. The Labute approximate surface area is 205 Å². The standard InChI is InChI=1S/C28H30N4OS/c1-18(2)14-17-32(21-8-6-20(7-9-21)28(3,4)5)27(33)25-24(29)22-10-11-23(31-26(22)34-25)19-12-15-30-16-13-19/h6-16H,17,29H2,1-5H3. The van der Waals surface area contributed by atoms with Crippen molar-refractivity contribution in [3.8, 4) is 11.3 Å². The topological polar surface area (TPSA) is 72.1 Å². The highest BCUT2D eigenvalue weighted by Gasteiger charge is 2.24. The SMILES string of the molecule is CC(C)=CCN(C(=O)c1sc2nc(-c3ccncc3)ccc2c1N)c1ccc(C(C)(C)C)cc1. The number of allylic oxidation sites excluding steroid dienone is 1. The Hall–Kier alpha value is -3.51. The third kappa shape index (κ3) is 4.87. The minimum Gasteiger partial charge on any atom is -0.397 e. The molecule has 34 heavy (non-hydrogen) atoms. The van der Waals surface area contributed by atoms with Crippen LogP contribution in [0.3, 0.4) is 0 Å². The van der Waals surface area contributed by atoms with Crippen LogP contribution in [-0.2, 0) is 5.41 Å². The average Bonchev–Trinajstić information content (AvgIpc) is 3.15. The van der Waals surface area contributed by atoms with E-state index >= 15 is 0 Å². The number of nitrogen functional groups attached to an aromatic ring is 1. The molecule has 0 aliphatic heterocycles. The monoisotopic (exact) mass is 470 g/mol. The first kappa shape index (κ1) is 23.6. The van der Waals surface area contributed by atoms with Crippen LogP contribution < -0.4 is 10.6 Å². The molecule has 174 valence electrons. The van der Waals surface area contributed by atoms with Crippen LogP contribution in [0.1, 0.15) is 49.9 Å². The first-order valence-corrected chi connectivity index (χ1v) is 12.1. The first-order valence-electron chi connectivity index (χ1n) is 11.3. The van der Waals surface area contributed by atoms with Gasteiger partial charge in [-0.2, -0.15) is 0 Å². The summed E-state index contributed by atoms with van der Waals surface area (Å²) in [7, 11) is 0. The van der Waals surface area contributed by atoms with Crippen molar-refractivity contribution in [1.29, 1.82) is 0 Å². The van der Waals surface area contributed by atoms with Crippen LogP contribution >= 0.6 is 11.3 Å². The molecular formula is C28H30N4OS. The van der Waals surface area contributed by atoms with Crippen LogP contribution in [0.4, 0.5) is 11.4 Å². The molecule has 4 aromatic rings. The molecule has 1 amide bonds. The number of anilines is 2. The number of aromatic nitrogens is 2. The maximum Gasteiger partial charge on any atom is 0.270 e. The second kappa shape index (κ2) is 9.39. The highest BCUT2D eigenvalue weighted by atomic mass is 32.1. The zero-order valence-electron chi connectivity index (χ0n) is 20.3. The minimum atomic E-state index is -0.119. The molecule has 0 bridgehead atoms. The number of pyridine rings is 2. The Bertz CT molecular complexity index is 1350. The van der Waals surface area contributed by atoms with Crippen molar-refractivity contribution >= 4 is 38.8 Å². The zero-order chi connectivity index (χ0) is 24.5. The van der Waals surface area contributed by atoms with Gasteiger partial charge in [-0.25, -0.2) is 4.98 Å². The molecular weight excluding hydrogens is 440 g/mol. The summed E-state index contributed by atoms with van der Waals surface area (Å²) in [4.78, 5) is 25.7. The third-order valence-corrected chi connectivity index (χ3v) is 6.84. The molecule has 0 spiro atoms. The fourth-order valence-electron chi connectivity index (χ4n) is 3.68. The molecule has 0 aliphatic rings. The van der Waals surface area contributed by atoms with Crippen LogP contribution in [0, 0.1) is 0 Å². The van der Waals surface area contributed by atoms with Gasteiger partial charge in [0.05, 0.1) is 11.4 Å². The second-order valence-corrected chi connectivity index (χ2v) is 10.6. The Morgan fingerprint density at radius 1 is 1.03 bits per heavy atom. The maximum atomic E-state index is 13.8. The van der Waals surface area contributed by atoms with Gasteiger partial charge in [0.2, 0.25) is 0 Å². The summed E-state index contributed by atoms with van der Waals surface area (Å²) in [5.41, 5.74) is 12.0. The maximum absolute atomic E-state index is 13.8. The van der Waals surface area contributed by atoms with Crippen LogP contribution in [0.2, 0.25) is 0 Å². The number of amides is 1. The molecule has 6 heteroatoms. The highest BCUT2D eigenvalue weighted by Crippen LogP contribution is 2.36. The van der Waals surface area contributed by atoms with Gasteiger partial charge in [-0.05, 0) is 61.2 Å². The fraction of sp³-hybridized carbons (Fsp3) is 0.250. The predicted molar refractivity (Wildman–Crippen MR) is 144 cm³/mol. The van der Waals surface area contributed by atoms with Crippen LogP contribution in [0.5, 0.6) is 0 Å². The van der Waals surface area contributed by atoms with E-state index in [2.05, 4.69) is 44.0 Å². The average molecular weight is 471 g/mol. The van der Waals surface area contributed by atoms with E-state index in [9.17, 15) is 4.79 Å². The van der Waals surface area contributed by atoms with E-state index in [4.69, 9.17) is 10.7 Å². The number of hydrogen-bond donors (Lipinski definition) is 1. The van der Waals surface area contributed by atoms with E-state index in [1.54, 1.807) is 17.3 Å². The molecule has 4 rings (SSSR count). The smallest absolute Gasteiger partial charge is 0.270 e. The second-order valence-electron chi connectivity index (χ2n) is 9.62. The van der Waals surface area contributed by atoms with E-state index in [0.717, 1.165) is 32.7 Å². The number of rotatable bonds is 5. The van der Waals surface area contributed by atoms with Crippen molar-refractivity contribution in [1.82, 2.24) is 9.97 Å². The molecule has 0 aliphatic carbocycles. The van der Waals surface area contributed by atoms with Crippen molar-refractivity contribution in [2.75, 3.05) is 17.2 Å². The minimum absolute atomic E-state index is 0.0430. The zero-order valence-corrected chi connectivity index (χ0v) is 21.1. The molecule has 0 saturated heterocycles. The Morgan fingerprint density at radius 2 is 1.71 bits per heavy atom. The summed E-state index contributed by atoms with van der Waals surface area (Å²) >= 11 is 1.34. The number of fused-ring (bicyclic) bond motifs is 1. The summed E-state index contributed by atoms with van der Waals surface area (Å²) in [5, 5.41) is 0.802. The molecule has 5 nitrogen and oxygen atoms in total. The predicted octanol–water partition coefficient (Wildman–Crippen LogP) is 6.85. The number of carbonyl (C=O) groups excluding carboxylic acids is 1. The third-order valence-electron chi connectivity index (χ3n) is 5.74. The lowest BCUT2D eigenvalue weighted by Gasteiger charge is -2.24. The van der Waals surface area contributed by atoms with Gasteiger partial charge in [-0.1, -0.05) is 44.6 Å². The Kier molecular flexibility index (Phi) is 6.53. The molecule has 0 fully saturated rings. The molecule has 0 atom stereocenters. The summed E-state index contributed by atoms with van der Waals surface area (Å²) in [6.07, 6.45) is 5.54. The van der Waals surface area contributed by atoms with Crippen molar-refractivity contribution in [3.05, 3.63) is 83.0 Å². The van der Waals surface area contributed by atoms with Gasteiger partial charge in [0.1, 0.15) is 9.71 Å². The van der Waals surface area contributed by atoms with Gasteiger partial charge in [-0.3, -0.25) is 9.78 Å². The first-order chi connectivity index (χ1) is 16.1. The van der Waals surface area contributed by atoms with Gasteiger partial charge in [0.15, 0.2) is 0 Å². The van der Waals surface area contributed by atoms with E-state index in [-0.39, 0.29) is 11.3 Å². The van der Waals surface area contributed by atoms with Crippen molar-refractivity contribution in [2.45, 2.75) is 40.0 Å². The number of hydrogen-bond acceptors (Lipinski definition) is 5. The summed E-state index contributed by atoms with van der Waals surface area (Å²) in [5.74, 6) is -0.119. The molecule has 0 unspecified atom stereocenters. The van der Waals surface area contributed by atoms with Gasteiger partial charge in [0, 0.05) is 35.6 Å². The largest absolute Gasteiger partial charge is 0.397 e. The van der Waals surface area contributed by atoms with E-state index in [0.29, 0.717) is 17.1 Å². The molecule has 0 saturated carbocycles. The lowest BCUT2D eigenvalue weighted by atomic mass is 9.87. The molecule has 2 N–H and O–H groups in total. The van der Waals surface area contributed by atoms with Gasteiger partial charge in [-0.15, -0.1) is 11.3 Å². The lowest BCUT2D eigenvalue weighted by Crippen LogP contribution is -2.31. The van der Waals surface area contributed by atoms with Crippen LogP contribution in [0.25, 0.3) is 21.5 Å². The van der Waals surface area contributed by atoms with Gasteiger partial charge < -0.3 is 10.6 Å².